The van der Waals surface area contributed by atoms with Gasteiger partial charge in [0.2, 0.25) is 0 Å². The maximum absolute atomic E-state index is 12.0. The first-order chi connectivity index (χ1) is 12.5. The molecule has 0 bridgehead atoms. The maximum atomic E-state index is 12.0. The monoisotopic (exact) mass is 351 g/mol. The van der Waals surface area contributed by atoms with Crippen molar-refractivity contribution in [2.75, 3.05) is 14.2 Å². The van der Waals surface area contributed by atoms with Crippen LogP contribution >= 0.6 is 0 Å². The minimum absolute atomic E-state index is 0.0982. The number of carbonyl (C=O) groups excluding carboxylic acids is 1. The lowest BCUT2D eigenvalue weighted by Crippen LogP contribution is -2.16. The van der Waals surface area contributed by atoms with E-state index in [4.69, 9.17) is 9.47 Å². The Hall–Kier alpha value is -2.75. The number of fused-ring (bicyclic) bond motifs is 1. The van der Waals surface area contributed by atoms with Gasteiger partial charge in [-0.2, -0.15) is 0 Å². The molecule has 0 radical (unpaired) electrons. The zero-order valence-corrected chi connectivity index (χ0v) is 15.7. The van der Waals surface area contributed by atoms with Crippen molar-refractivity contribution < 1.29 is 14.3 Å². The minimum atomic E-state index is -0.189. The van der Waals surface area contributed by atoms with Gasteiger partial charge in [0.25, 0.3) is 0 Å². The van der Waals surface area contributed by atoms with E-state index in [0.29, 0.717) is 6.42 Å². The molecule has 0 aliphatic carbocycles. The molecule has 2 unspecified atom stereocenters. The van der Waals surface area contributed by atoms with Crippen molar-refractivity contribution in [2.45, 2.75) is 19.3 Å². The molecule has 3 aromatic rings. The molecule has 136 valence electrons. The summed E-state index contributed by atoms with van der Waals surface area (Å²) >= 11 is 0. The number of nitrogens with zero attached hydrogens (tertiary/aromatic N) is 1. The molecular formula is C22H25NO3. The van der Waals surface area contributed by atoms with E-state index in [-0.39, 0.29) is 17.8 Å². The molecule has 4 nitrogen and oxygen atoms in total. The van der Waals surface area contributed by atoms with E-state index in [1.807, 2.05) is 25.1 Å². The van der Waals surface area contributed by atoms with Gasteiger partial charge in [0.05, 0.1) is 20.1 Å². The average molecular weight is 351 g/mol. The highest BCUT2D eigenvalue weighted by molar-refractivity contribution is 5.85. The molecule has 0 saturated carbocycles. The van der Waals surface area contributed by atoms with Crippen LogP contribution in [0.25, 0.3) is 10.9 Å². The summed E-state index contributed by atoms with van der Waals surface area (Å²) in [6.45, 7) is 1.92. The third-order valence-corrected chi connectivity index (χ3v) is 5.01. The number of aryl methyl sites for hydroxylation is 1. The molecule has 26 heavy (non-hydrogen) atoms. The Morgan fingerprint density at radius 1 is 1.08 bits per heavy atom. The maximum Gasteiger partial charge on any atom is 0.308 e. The third-order valence-electron chi connectivity index (χ3n) is 5.01. The van der Waals surface area contributed by atoms with Gasteiger partial charge in [0.1, 0.15) is 5.75 Å². The van der Waals surface area contributed by atoms with Crippen LogP contribution in [0.1, 0.15) is 30.4 Å². The van der Waals surface area contributed by atoms with E-state index in [0.717, 1.165) is 11.3 Å². The summed E-state index contributed by atoms with van der Waals surface area (Å²) in [5.41, 5.74) is 3.58. The molecule has 4 heteroatoms. The van der Waals surface area contributed by atoms with Crippen LogP contribution in [0.15, 0.2) is 54.7 Å². The second-order valence-corrected chi connectivity index (χ2v) is 6.70. The van der Waals surface area contributed by atoms with Gasteiger partial charge in [-0.05, 0) is 35.7 Å². The number of methoxy groups -OCH3 is 2. The number of para-hydroxylation sites is 1. The molecule has 0 saturated heterocycles. The summed E-state index contributed by atoms with van der Waals surface area (Å²) in [5.74, 6) is 0.558. The van der Waals surface area contributed by atoms with Gasteiger partial charge in [-0.25, -0.2) is 0 Å². The van der Waals surface area contributed by atoms with Crippen molar-refractivity contribution in [3.8, 4) is 5.75 Å². The van der Waals surface area contributed by atoms with Crippen LogP contribution in [0.2, 0.25) is 0 Å². The predicted molar refractivity (Wildman–Crippen MR) is 104 cm³/mol. The summed E-state index contributed by atoms with van der Waals surface area (Å²) in [4.78, 5) is 12.0. The zero-order valence-electron chi connectivity index (χ0n) is 15.7. The zero-order chi connectivity index (χ0) is 18.7. The molecule has 2 atom stereocenters. The fourth-order valence-corrected chi connectivity index (χ4v) is 3.58. The van der Waals surface area contributed by atoms with Gasteiger partial charge in [-0.3, -0.25) is 4.79 Å². The van der Waals surface area contributed by atoms with Crippen LogP contribution in [0, 0.1) is 5.92 Å². The van der Waals surface area contributed by atoms with Crippen molar-refractivity contribution >= 4 is 16.9 Å². The Balaban J connectivity index is 2.08. The van der Waals surface area contributed by atoms with E-state index in [1.165, 1.54) is 23.6 Å². The van der Waals surface area contributed by atoms with Crippen LogP contribution in [0.5, 0.6) is 5.75 Å². The van der Waals surface area contributed by atoms with E-state index in [2.05, 4.69) is 48.1 Å². The number of esters is 1. The van der Waals surface area contributed by atoms with Gasteiger partial charge in [-0.15, -0.1) is 0 Å². The van der Waals surface area contributed by atoms with E-state index >= 15 is 0 Å². The normalized spacial score (nSPS) is 13.4. The van der Waals surface area contributed by atoms with Crippen LogP contribution in [-0.2, 0) is 16.6 Å². The summed E-state index contributed by atoms with van der Waals surface area (Å²) in [6.07, 6.45) is 2.86. The molecular weight excluding hydrogens is 326 g/mol. The van der Waals surface area contributed by atoms with Crippen molar-refractivity contribution in [2.24, 2.45) is 13.0 Å². The molecule has 0 N–H and O–H groups in total. The van der Waals surface area contributed by atoms with Gasteiger partial charge in [-0.1, -0.05) is 37.3 Å². The second kappa shape index (κ2) is 7.65. The first-order valence-corrected chi connectivity index (χ1v) is 8.81. The number of ether oxygens (including phenoxy) is 2. The smallest absolute Gasteiger partial charge is 0.308 e. The standard InChI is InChI=1S/C22H25NO3/c1-15(22(24)26-4)13-19(16-9-11-17(25-3)12-10-16)20-14-23(2)21-8-6-5-7-18(20)21/h5-12,14-15,19H,13H2,1-4H3. The molecule has 1 heterocycles. The lowest BCUT2D eigenvalue weighted by molar-refractivity contribution is -0.145. The predicted octanol–water partition coefficient (Wildman–Crippen LogP) is 4.52. The topological polar surface area (TPSA) is 40.5 Å². The van der Waals surface area contributed by atoms with Crippen molar-refractivity contribution in [3.05, 3.63) is 65.9 Å². The Kier molecular flexibility index (Phi) is 5.31. The molecule has 0 spiro atoms. The van der Waals surface area contributed by atoms with Crippen LogP contribution in [0.4, 0.5) is 0 Å². The van der Waals surface area contributed by atoms with Gasteiger partial charge in [0.15, 0.2) is 0 Å². The Morgan fingerprint density at radius 3 is 2.42 bits per heavy atom. The number of rotatable bonds is 6. The van der Waals surface area contributed by atoms with E-state index < -0.39 is 0 Å². The highest BCUT2D eigenvalue weighted by Gasteiger charge is 2.25. The highest BCUT2D eigenvalue weighted by atomic mass is 16.5. The average Bonchev–Trinajstić information content (AvgIpc) is 3.02. The number of hydrogen-bond acceptors (Lipinski definition) is 3. The molecule has 1 aromatic heterocycles. The first kappa shape index (κ1) is 18.1. The molecule has 0 fully saturated rings. The van der Waals surface area contributed by atoms with E-state index in [9.17, 15) is 4.79 Å². The number of hydrogen-bond donors (Lipinski definition) is 0. The highest BCUT2D eigenvalue weighted by Crippen LogP contribution is 2.37. The SMILES string of the molecule is COC(=O)C(C)CC(c1ccc(OC)cc1)c1cn(C)c2ccccc12. The Labute approximate surface area is 154 Å². The van der Waals surface area contributed by atoms with Gasteiger partial charge >= 0.3 is 5.97 Å². The molecule has 0 aliphatic heterocycles. The molecule has 2 aromatic carbocycles. The fourth-order valence-electron chi connectivity index (χ4n) is 3.58. The lowest BCUT2D eigenvalue weighted by atomic mass is 9.84. The summed E-state index contributed by atoms with van der Waals surface area (Å²) < 4.78 is 12.4. The number of aromatic nitrogens is 1. The first-order valence-electron chi connectivity index (χ1n) is 8.81. The molecule has 0 amide bonds. The largest absolute Gasteiger partial charge is 0.497 e. The van der Waals surface area contributed by atoms with Gasteiger partial charge in [0, 0.05) is 30.1 Å². The summed E-state index contributed by atoms with van der Waals surface area (Å²) in [6, 6.07) is 16.5. The quantitative estimate of drug-likeness (QED) is 0.613. The Morgan fingerprint density at radius 2 is 1.77 bits per heavy atom. The van der Waals surface area contributed by atoms with Crippen LogP contribution in [0.3, 0.4) is 0 Å². The van der Waals surface area contributed by atoms with Crippen molar-refractivity contribution in [1.29, 1.82) is 0 Å². The van der Waals surface area contributed by atoms with Crippen molar-refractivity contribution in [3.63, 3.8) is 0 Å². The van der Waals surface area contributed by atoms with E-state index in [1.54, 1.807) is 7.11 Å². The second-order valence-electron chi connectivity index (χ2n) is 6.70. The number of carbonyl (C=O) groups is 1. The van der Waals surface area contributed by atoms with Gasteiger partial charge < -0.3 is 14.0 Å². The summed E-state index contributed by atoms with van der Waals surface area (Å²) in [7, 11) is 5.16. The lowest BCUT2D eigenvalue weighted by Gasteiger charge is -2.20. The minimum Gasteiger partial charge on any atom is -0.497 e. The molecule has 0 aliphatic rings. The number of benzene rings is 2. The van der Waals surface area contributed by atoms with Crippen LogP contribution < -0.4 is 4.74 Å². The van der Waals surface area contributed by atoms with Crippen LogP contribution in [-0.4, -0.2) is 24.8 Å². The third kappa shape index (κ3) is 3.45. The van der Waals surface area contributed by atoms with Crippen molar-refractivity contribution in [1.82, 2.24) is 4.57 Å². The fraction of sp³-hybridized carbons (Fsp3) is 0.318. The Bertz CT molecular complexity index is 895. The molecule has 3 rings (SSSR count). The summed E-state index contributed by atoms with van der Waals surface area (Å²) in [5, 5.41) is 1.22.